The first kappa shape index (κ1) is 16.4. The fourth-order valence-electron chi connectivity index (χ4n) is 1.71. The Labute approximate surface area is 142 Å². The highest BCUT2D eigenvalue weighted by Gasteiger charge is 2.13. The fourth-order valence-corrected chi connectivity index (χ4v) is 2.99. The van der Waals surface area contributed by atoms with Crippen molar-refractivity contribution in [2.75, 3.05) is 0 Å². The van der Waals surface area contributed by atoms with Crippen LogP contribution in [0.3, 0.4) is 0 Å². The van der Waals surface area contributed by atoms with Gasteiger partial charge in [-0.15, -0.1) is 11.8 Å². The predicted octanol–water partition coefficient (Wildman–Crippen LogP) is 4.90. The summed E-state index contributed by atoms with van der Waals surface area (Å²) in [6.45, 7) is 2.42. The van der Waals surface area contributed by atoms with E-state index in [0.717, 1.165) is 14.9 Å². The van der Waals surface area contributed by atoms with E-state index in [2.05, 4.69) is 21.2 Å². The zero-order valence-electron chi connectivity index (χ0n) is 11.5. The lowest BCUT2D eigenvalue weighted by molar-refractivity contribution is -0.120. The minimum atomic E-state index is -0.140. The minimum absolute atomic E-state index is 0.0258. The maximum absolute atomic E-state index is 12.1. The summed E-state index contributed by atoms with van der Waals surface area (Å²) in [5, 5.41) is 3.50. The standard InChI is InChI=1S/C16H15BrClNOS/c1-11(21-15-8-4-13(17)5-9-15)16(20)19-10-12-2-6-14(18)7-3-12/h2-9,11H,10H2,1H3,(H,19,20). The number of nitrogens with one attached hydrogen (secondary N) is 1. The van der Waals surface area contributed by atoms with Crippen LogP contribution in [0.15, 0.2) is 57.9 Å². The highest BCUT2D eigenvalue weighted by atomic mass is 79.9. The molecule has 2 rings (SSSR count). The van der Waals surface area contributed by atoms with Crippen molar-refractivity contribution in [3.05, 3.63) is 63.6 Å². The van der Waals surface area contributed by atoms with Crippen molar-refractivity contribution in [1.29, 1.82) is 0 Å². The lowest BCUT2D eigenvalue weighted by atomic mass is 10.2. The second-order valence-corrected chi connectivity index (χ2v) is 7.32. The first-order valence-electron chi connectivity index (χ1n) is 6.49. The highest BCUT2D eigenvalue weighted by Crippen LogP contribution is 2.24. The number of hydrogen-bond acceptors (Lipinski definition) is 2. The Morgan fingerprint density at radius 2 is 1.81 bits per heavy atom. The number of carbonyl (C=O) groups excluding carboxylic acids is 1. The molecule has 0 saturated heterocycles. The van der Waals surface area contributed by atoms with Crippen LogP contribution in [-0.2, 0) is 11.3 Å². The molecule has 0 saturated carbocycles. The molecule has 110 valence electrons. The summed E-state index contributed by atoms with van der Waals surface area (Å²) in [6, 6.07) is 15.4. The summed E-state index contributed by atoms with van der Waals surface area (Å²) in [5.41, 5.74) is 1.04. The molecule has 0 fully saturated rings. The summed E-state index contributed by atoms with van der Waals surface area (Å²) >= 11 is 10.8. The van der Waals surface area contributed by atoms with Gasteiger partial charge in [0.2, 0.25) is 5.91 Å². The van der Waals surface area contributed by atoms with Crippen molar-refractivity contribution in [3.63, 3.8) is 0 Å². The largest absolute Gasteiger partial charge is 0.351 e. The molecule has 21 heavy (non-hydrogen) atoms. The molecule has 1 atom stereocenters. The Kier molecular flexibility index (Phi) is 6.15. The maximum atomic E-state index is 12.1. The van der Waals surface area contributed by atoms with Crippen molar-refractivity contribution in [3.8, 4) is 0 Å². The van der Waals surface area contributed by atoms with Crippen LogP contribution >= 0.6 is 39.3 Å². The molecule has 0 radical (unpaired) electrons. The van der Waals surface area contributed by atoms with Crippen molar-refractivity contribution >= 4 is 45.2 Å². The molecule has 0 aliphatic heterocycles. The Morgan fingerprint density at radius 3 is 2.43 bits per heavy atom. The Morgan fingerprint density at radius 1 is 1.19 bits per heavy atom. The average Bonchev–Trinajstić information content (AvgIpc) is 2.48. The molecular formula is C16H15BrClNOS. The molecule has 0 aliphatic rings. The van der Waals surface area contributed by atoms with Crippen molar-refractivity contribution in [2.24, 2.45) is 0 Å². The molecule has 0 bridgehead atoms. The van der Waals surface area contributed by atoms with Gasteiger partial charge in [0, 0.05) is 20.9 Å². The molecule has 0 aromatic heterocycles. The van der Waals surface area contributed by atoms with Crippen LogP contribution in [0, 0.1) is 0 Å². The van der Waals surface area contributed by atoms with Gasteiger partial charge in [0.1, 0.15) is 0 Å². The molecule has 0 heterocycles. The summed E-state index contributed by atoms with van der Waals surface area (Å²) in [4.78, 5) is 13.2. The van der Waals surface area contributed by atoms with E-state index in [-0.39, 0.29) is 11.2 Å². The van der Waals surface area contributed by atoms with E-state index < -0.39 is 0 Å². The van der Waals surface area contributed by atoms with Crippen LogP contribution in [0.4, 0.5) is 0 Å². The van der Waals surface area contributed by atoms with Gasteiger partial charge in [0.25, 0.3) is 0 Å². The molecule has 2 nitrogen and oxygen atoms in total. The van der Waals surface area contributed by atoms with Gasteiger partial charge < -0.3 is 5.32 Å². The smallest absolute Gasteiger partial charge is 0.233 e. The zero-order chi connectivity index (χ0) is 15.2. The van der Waals surface area contributed by atoms with Crippen LogP contribution in [0.25, 0.3) is 0 Å². The number of benzene rings is 2. The van der Waals surface area contributed by atoms with E-state index in [4.69, 9.17) is 11.6 Å². The number of carbonyl (C=O) groups is 1. The normalized spacial score (nSPS) is 12.0. The molecule has 2 aromatic carbocycles. The third-order valence-electron chi connectivity index (χ3n) is 2.88. The van der Waals surface area contributed by atoms with Gasteiger partial charge >= 0.3 is 0 Å². The maximum Gasteiger partial charge on any atom is 0.233 e. The van der Waals surface area contributed by atoms with E-state index in [1.807, 2.05) is 55.5 Å². The summed E-state index contributed by atoms with van der Waals surface area (Å²) < 4.78 is 1.03. The van der Waals surface area contributed by atoms with E-state index >= 15 is 0 Å². The fraction of sp³-hybridized carbons (Fsp3) is 0.188. The van der Waals surface area contributed by atoms with Gasteiger partial charge in [-0.05, 0) is 48.9 Å². The second-order valence-electron chi connectivity index (χ2n) is 4.56. The molecule has 1 N–H and O–H groups in total. The van der Waals surface area contributed by atoms with Crippen LogP contribution in [0.5, 0.6) is 0 Å². The summed E-state index contributed by atoms with van der Waals surface area (Å²) in [5.74, 6) is 0.0258. The molecule has 0 spiro atoms. The van der Waals surface area contributed by atoms with Crippen LogP contribution in [0.1, 0.15) is 12.5 Å². The molecule has 1 unspecified atom stereocenters. The van der Waals surface area contributed by atoms with E-state index in [1.54, 1.807) is 11.8 Å². The van der Waals surface area contributed by atoms with Gasteiger partial charge in [-0.2, -0.15) is 0 Å². The first-order valence-corrected chi connectivity index (χ1v) is 8.54. The molecule has 1 amide bonds. The quantitative estimate of drug-likeness (QED) is 0.743. The Hall–Kier alpha value is -0.970. The third kappa shape index (κ3) is 5.38. The van der Waals surface area contributed by atoms with Crippen LogP contribution in [-0.4, -0.2) is 11.2 Å². The number of halogens is 2. The van der Waals surface area contributed by atoms with Gasteiger partial charge in [-0.25, -0.2) is 0 Å². The number of rotatable bonds is 5. The zero-order valence-corrected chi connectivity index (χ0v) is 14.6. The highest BCUT2D eigenvalue weighted by molar-refractivity contribution is 9.10. The lowest BCUT2D eigenvalue weighted by Gasteiger charge is -2.12. The predicted molar refractivity (Wildman–Crippen MR) is 92.8 cm³/mol. The van der Waals surface area contributed by atoms with Gasteiger partial charge in [-0.3, -0.25) is 4.79 Å². The van der Waals surface area contributed by atoms with Gasteiger partial charge in [-0.1, -0.05) is 39.7 Å². The van der Waals surface area contributed by atoms with Gasteiger partial charge in [0.15, 0.2) is 0 Å². The van der Waals surface area contributed by atoms with Crippen molar-refractivity contribution in [2.45, 2.75) is 23.6 Å². The average molecular weight is 385 g/mol. The number of thioether (sulfide) groups is 1. The first-order chi connectivity index (χ1) is 10.0. The SMILES string of the molecule is CC(Sc1ccc(Br)cc1)C(=O)NCc1ccc(Cl)cc1. The van der Waals surface area contributed by atoms with Crippen molar-refractivity contribution < 1.29 is 4.79 Å². The molecule has 2 aromatic rings. The molecule has 5 heteroatoms. The molecular weight excluding hydrogens is 370 g/mol. The van der Waals surface area contributed by atoms with Gasteiger partial charge in [0.05, 0.1) is 5.25 Å². The van der Waals surface area contributed by atoms with E-state index in [9.17, 15) is 4.79 Å². The minimum Gasteiger partial charge on any atom is -0.351 e. The second kappa shape index (κ2) is 7.87. The number of hydrogen-bond donors (Lipinski definition) is 1. The van der Waals surface area contributed by atoms with E-state index in [1.165, 1.54) is 0 Å². The summed E-state index contributed by atoms with van der Waals surface area (Å²) in [7, 11) is 0. The van der Waals surface area contributed by atoms with Crippen LogP contribution < -0.4 is 5.32 Å². The number of amides is 1. The Balaban J connectivity index is 1.84. The Bertz CT molecular complexity index is 601. The monoisotopic (exact) mass is 383 g/mol. The topological polar surface area (TPSA) is 29.1 Å². The molecule has 0 aliphatic carbocycles. The van der Waals surface area contributed by atoms with Crippen molar-refractivity contribution in [1.82, 2.24) is 5.32 Å². The lowest BCUT2D eigenvalue weighted by Crippen LogP contribution is -2.30. The van der Waals surface area contributed by atoms with E-state index in [0.29, 0.717) is 11.6 Å². The van der Waals surface area contributed by atoms with Crippen LogP contribution in [0.2, 0.25) is 5.02 Å². The summed E-state index contributed by atoms with van der Waals surface area (Å²) in [6.07, 6.45) is 0. The third-order valence-corrected chi connectivity index (χ3v) is 4.77.